The molecule has 1 aromatic carbocycles. The number of hydrogen-bond acceptors (Lipinski definition) is 9. The van der Waals surface area contributed by atoms with Crippen LogP contribution in [0, 0.1) is 5.92 Å². The van der Waals surface area contributed by atoms with Crippen molar-refractivity contribution in [2.75, 3.05) is 70.1 Å². The maximum absolute atomic E-state index is 13.4. The van der Waals surface area contributed by atoms with E-state index in [9.17, 15) is 14.4 Å². The Labute approximate surface area is 255 Å². The standard InChI is InChI=1S/C30H44BN9O3/c1-21(41)38-13-9-25(10-14-38)40(27-26(31)19-33-30(32)34-27)35-28(42)23-5-3-22(4-6-23)20-37-11-7-24(8-12-37)29(43)39-17-15-36(2)16-18-39/h3-6,19,24-25H,7-18,20,31H2,1-2H3,(H,35,42)(H2,32,33,34). The molecule has 3 fully saturated rings. The van der Waals surface area contributed by atoms with Crippen molar-refractivity contribution in [3.05, 3.63) is 41.6 Å². The van der Waals surface area contributed by atoms with Crippen molar-refractivity contribution in [1.29, 1.82) is 0 Å². The van der Waals surface area contributed by atoms with E-state index in [0.29, 0.717) is 43.2 Å². The highest BCUT2D eigenvalue weighted by atomic mass is 16.2. The van der Waals surface area contributed by atoms with Crippen molar-refractivity contribution < 1.29 is 14.4 Å². The summed E-state index contributed by atoms with van der Waals surface area (Å²) in [7, 11) is 3.99. The number of nitrogens with two attached hydrogens (primary N) is 1. The number of benzene rings is 1. The molecule has 43 heavy (non-hydrogen) atoms. The van der Waals surface area contributed by atoms with Gasteiger partial charge in [0, 0.05) is 70.4 Å². The second-order valence-electron chi connectivity index (χ2n) is 12.2. The third kappa shape index (κ3) is 7.63. The van der Waals surface area contributed by atoms with E-state index in [1.54, 1.807) is 18.1 Å². The van der Waals surface area contributed by atoms with E-state index in [1.807, 2.05) is 41.9 Å². The van der Waals surface area contributed by atoms with Gasteiger partial charge < -0.3 is 20.4 Å². The number of piperidine rings is 2. The minimum atomic E-state index is -0.236. The highest BCUT2D eigenvalue weighted by molar-refractivity contribution is 6.35. The van der Waals surface area contributed by atoms with E-state index in [4.69, 9.17) is 5.73 Å². The number of rotatable bonds is 7. The Morgan fingerprint density at radius 1 is 0.953 bits per heavy atom. The number of carbonyl (C=O) groups is 3. The zero-order chi connectivity index (χ0) is 30.5. The van der Waals surface area contributed by atoms with Gasteiger partial charge in [0.2, 0.25) is 17.8 Å². The number of hydrogen-bond donors (Lipinski definition) is 2. The van der Waals surface area contributed by atoms with Crippen LogP contribution in [0.4, 0.5) is 11.8 Å². The molecule has 4 heterocycles. The molecule has 0 spiro atoms. The third-order valence-corrected chi connectivity index (χ3v) is 9.06. The van der Waals surface area contributed by atoms with E-state index >= 15 is 0 Å². The van der Waals surface area contributed by atoms with Gasteiger partial charge in [-0.05, 0) is 69.0 Å². The van der Waals surface area contributed by atoms with Crippen LogP contribution >= 0.6 is 0 Å². The Kier molecular flexibility index (Phi) is 9.81. The lowest BCUT2D eigenvalue weighted by Crippen LogP contribution is -2.55. The van der Waals surface area contributed by atoms with Gasteiger partial charge in [0.05, 0.1) is 6.04 Å². The quantitative estimate of drug-likeness (QED) is 0.323. The normalized spacial score (nSPS) is 19.3. The van der Waals surface area contributed by atoms with Crippen LogP contribution in [0.2, 0.25) is 0 Å². The first-order chi connectivity index (χ1) is 20.7. The minimum absolute atomic E-state index is 0.0436. The molecule has 0 aliphatic carbocycles. The molecule has 3 amide bonds. The van der Waals surface area contributed by atoms with Crippen LogP contribution in [0.25, 0.3) is 0 Å². The zero-order valence-electron chi connectivity index (χ0n) is 25.7. The summed E-state index contributed by atoms with van der Waals surface area (Å²) in [5, 5.41) is 1.80. The van der Waals surface area contributed by atoms with E-state index < -0.39 is 0 Å². The van der Waals surface area contributed by atoms with Crippen LogP contribution in [-0.2, 0) is 16.1 Å². The van der Waals surface area contributed by atoms with Crippen molar-refractivity contribution in [1.82, 2.24) is 35.0 Å². The van der Waals surface area contributed by atoms with Crippen LogP contribution in [0.5, 0.6) is 0 Å². The van der Waals surface area contributed by atoms with Crippen molar-refractivity contribution in [3.8, 4) is 0 Å². The van der Waals surface area contributed by atoms with Crippen LogP contribution in [0.3, 0.4) is 0 Å². The summed E-state index contributed by atoms with van der Waals surface area (Å²) < 4.78 is 0. The summed E-state index contributed by atoms with van der Waals surface area (Å²) in [5.41, 5.74) is 11.5. The number of likely N-dealkylation sites (N-methyl/N-ethyl adjacent to an activating group) is 1. The molecule has 0 unspecified atom stereocenters. The Morgan fingerprint density at radius 3 is 2.23 bits per heavy atom. The molecule has 2 aromatic rings. The van der Waals surface area contributed by atoms with E-state index in [1.165, 1.54) is 0 Å². The number of nitrogen functional groups attached to an aromatic ring is 1. The molecule has 1 aromatic heterocycles. The summed E-state index contributed by atoms with van der Waals surface area (Å²) in [6, 6.07) is 7.66. The van der Waals surface area contributed by atoms with Gasteiger partial charge in [0.25, 0.3) is 5.91 Å². The first kappa shape index (κ1) is 30.7. The third-order valence-electron chi connectivity index (χ3n) is 9.06. The van der Waals surface area contributed by atoms with Crippen LogP contribution in [0.1, 0.15) is 48.5 Å². The van der Waals surface area contributed by atoms with Gasteiger partial charge in [0.1, 0.15) is 13.7 Å². The first-order valence-electron chi connectivity index (χ1n) is 15.4. The Balaban J connectivity index is 1.17. The molecule has 5 rings (SSSR count). The summed E-state index contributed by atoms with van der Waals surface area (Å²) in [4.78, 5) is 55.3. The average Bonchev–Trinajstić information content (AvgIpc) is 3.02. The molecule has 3 saturated heterocycles. The molecule has 3 aliphatic rings. The van der Waals surface area contributed by atoms with Gasteiger partial charge >= 0.3 is 0 Å². The van der Waals surface area contributed by atoms with Crippen molar-refractivity contribution in [2.24, 2.45) is 5.92 Å². The predicted octanol–water partition coefficient (Wildman–Crippen LogP) is -0.534. The number of hydrazine groups is 1. The minimum Gasteiger partial charge on any atom is -0.368 e. The van der Waals surface area contributed by atoms with Crippen molar-refractivity contribution in [3.63, 3.8) is 0 Å². The van der Waals surface area contributed by atoms with E-state index in [-0.39, 0.29) is 29.7 Å². The summed E-state index contributed by atoms with van der Waals surface area (Å²) in [5.74, 6) is 0.963. The fourth-order valence-electron chi connectivity index (χ4n) is 6.26. The lowest BCUT2D eigenvalue weighted by molar-refractivity contribution is -0.138. The first-order valence-corrected chi connectivity index (χ1v) is 15.4. The number of nitrogens with zero attached hydrogens (tertiary/aromatic N) is 7. The molecule has 13 heteroatoms. The van der Waals surface area contributed by atoms with Crippen molar-refractivity contribution >= 4 is 42.8 Å². The summed E-state index contributed by atoms with van der Waals surface area (Å²) in [6.45, 7) is 8.95. The maximum Gasteiger partial charge on any atom is 0.269 e. The molecule has 230 valence electrons. The van der Waals surface area contributed by atoms with Crippen LogP contribution in [-0.4, -0.2) is 121 Å². The molecular formula is C30H44BN9O3. The fourth-order valence-corrected chi connectivity index (χ4v) is 6.26. The second-order valence-corrected chi connectivity index (χ2v) is 12.2. The zero-order valence-corrected chi connectivity index (χ0v) is 25.7. The molecule has 0 atom stereocenters. The van der Waals surface area contributed by atoms with Gasteiger partial charge in [-0.25, -0.2) is 4.98 Å². The predicted molar refractivity (Wildman–Crippen MR) is 168 cm³/mol. The molecular weight excluding hydrogens is 545 g/mol. The molecule has 0 bridgehead atoms. The average molecular weight is 590 g/mol. The number of carbonyl (C=O) groups excluding carboxylic acids is 3. The number of piperazine rings is 1. The summed E-state index contributed by atoms with van der Waals surface area (Å²) >= 11 is 0. The van der Waals surface area contributed by atoms with Crippen LogP contribution in [0.15, 0.2) is 30.5 Å². The Bertz CT molecular complexity index is 1290. The lowest BCUT2D eigenvalue weighted by atomic mass is 9.94. The molecule has 0 saturated carbocycles. The maximum atomic E-state index is 13.4. The van der Waals surface area contributed by atoms with Gasteiger partial charge in [-0.3, -0.25) is 29.7 Å². The van der Waals surface area contributed by atoms with E-state index in [0.717, 1.165) is 69.7 Å². The Morgan fingerprint density at radius 2 is 1.60 bits per heavy atom. The van der Waals surface area contributed by atoms with Gasteiger partial charge in [-0.1, -0.05) is 12.1 Å². The Hall–Kier alpha value is -3.71. The van der Waals surface area contributed by atoms with Gasteiger partial charge in [-0.2, -0.15) is 4.98 Å². The molecule has 0 radical (unpaired) electrons. The SMILES string of the molecule is Bc1cnc(N)nc1N(NC(=O)c1ccc(CN2CCC(C(=O)N3CCN(C)CC3)CC2)cc1)C1CCN(C(C)=O)CC1. The highest BCUT2D eigenvalue weighted by Crippen LogP contribution is 2.23. The fraction of sp³-hybridized carbons (Fsp3) is 0.567. The van der Waals surface area contributed by atoms with Crippen LogP contribution < -0.4 is 21.6 Å². The number of anilines is 2. The molecule has 3 aliphatic heterocycles. The number of amides is 3. The van der Waals surface area contributed by atoms with Gasteiger partial charge in [0.15, 0.2) is 0 Å². The van der Waals surface area contributed by atoms with Crippen molar-refractivity contribution in [2.45, 2.75) is 45.2 Å². The number of nitrogens with one attached hydrogen (secondary N) is 1. The molecule has 3 N–H and O–H groups in total. The summed E-state index contributed by atoms with van der Waals surface area (Å²) in [6.07, 6.45) is 4.82. The van der Waals surface area contributed by atoms with Gasteiger partial charge in [-0.15, -0.1) is 0 Å². The number of likely N-dealkylation sites (tertiary alicyclic amines) is 2. The lowest BCUT2D eigenvalue weighted by Gasteiger charge is -2.39. The monoisotopic (exact) mass is 589 g/mol. The number of aromatic nitrogens is 2. The molecule has 12 nitrogen and oxygen atoms in total. The smallest absolute Gasteiger partial charge is 0.269 e. The highest BCUT2D eigenvalue weighted by Gasteiger charge is 2.31. The largest absolute Gasteiger partial charge is 0.368 e. The topological polar surface area (TPSA) is 131 Å². The van der Waals surface area contributed by atoms with E-state index in [2.05, 4.69) is 32.2 Å². The second kappa shape index (κ2) is 13.7.